The van der Waals surface area contributed by atoms with Crippen LogP contribution in [0.15, 0.2) is 60.2 Å². The molecule has 1 aliphatic rings. The van der Waals surface area contributed by atoms with Crippen LogP contribution < -0.4 is 10.2 Å². The Labute approximate surface area is 193 Å². The smallest absolute Gasteiger partial charge is 0.257 e. The van der Waals surface area contributed by atoms with Gasteiger partial charge in [-0.1, -0.05) is 12.1 Å². The predicted molar refractivity (Wildman–Crippen MR) is 134 cm³/mol. The maximum Gasteiger partial charge on any atom is 0.257 e. The Hall–Kier alpha value is -3.29. The fraction of sp³-hybridized carbons (Fsp3) is 0.240. The zero-order chi connectivity index (χ0) is 22.1. The third kappa shape index (κ3) is 4.35. The number of aryl methyl sites for hydroxylation is 1. The van der Waals surface area contributed by atoms with Crippen molar-refractivity contribution in [3.63, 3.8) is 0 Å². The molecule has 1 saturated heterocycles. The van der Waals surface area contributed by atoms with Crippen LogP contribution in [0.3, 0.4) is 0 Å². The molecular weight excluding hydrogens is 418 g/mol. The van der Waals surface area contributed by atoms with Gasteiger partial charge in [0.15, 0.2) is 0 Å². The first-order valence-corrected chi connectivity index (χ1v) is 11.6. The van der Waals surface area contributed by atoms with Crippen molar-refractivity contribution >= 4 is 39.7 Å². The van der Waals surface area contributed by atoms with E-state index in [-0.39, 0.29) is 7.33 Å². The Bertz CT molecular complexity index is 1280. The third-order valence-electron chi connectivity index (χ3n) is 5.81. The van der Waals surface area contributed by atoms with Crippen molar-refractivity contribution in [2.45, 2.75) is 6.92 Å². The minimum absolute atomic E-state index is 0. The standard InChI is InChI=1S/C25H25N5OS.H2/c1-17-11-22(32-16-17)18-3-4-20-15-27-23(13-21(20)12-18)28-25(31)19-5-6-26-24(14-19)30-9-7-29(2)8-10-30;/h3-6,11-16H,7-10H2,1-2H3,(H,27,28,31);1H. The summed E-state index contributed by atoms with van der Waals surface area (Å²) in [7, 11) is 2.12. The lowest BCUT2D eigenvalue weighted by atomic mass is 10.1. The van der Waals surface area contributed by atoms with E-state index in [0.29, 0.717) is 11.4 Å². The van der Waals surface area contributed by atoms with Crippen molar-refractivity contribution in [2.75, 3.05) is 43.4 Å². The summed E-state index contributed by atoms with van der Waals surface area (Å²) in [5.74, 6) is 1.20. The lowest BCUT2D eigenvalue weighted by Crippen LogP contribution is -2.44. The number of benzene rings is 1. The van der Waals surface area contributed by atoms with Crippen LogP contribution in [0.2, 0.25) is 0 Å². The van der Waals surface area contributed by atoms with E-state index in [4.69, 9.17) is 0 Å². The predicted octanol–water partition coefficient (Wildman–Crippen LogP) is 4.92. The van der Waals surface area contributed by atoms with E-state index in [1.807, 2.05) is 12.1 Å². The Morgan fingerprint density at radius 2 is 1.88 bits per heavy atom. The minimum atomic E-state index is -0.181. The fourth-order valence-electron chi connectivity index (χ4n) is 3.90. The highest BCUT2D eigenvalue weighted by molar-refractivity contribution is 7.13. The van der Waals surface area contributed by atoms with Crippen molar-refractivity contribution in [3.05, 3.63) is 71.4 Å². The van der Waals surface area contributed by atoms with Gasteiger partial charge in [0.25, 0.3) is 5.91 Å². The third-order valence-corrected chi connectivity index (χ3v) is 6.91. The van der Waals surface area contributed by atoms with Crippen LogP contribution in [-0.4, -0.2) is 54.0 Å². The molecule has 3 aromatic heterocycles. The summed E-state index contributed by atoms with van der Waals surface area (Å²) in [5.41, 5.74) is 3.02. The molecule has 0 bridgehead atoms. The molecule has 0 saturated carbocycles. The van der Waals surface area contributed by atoms with Crippen LogP contribution in [-0.2, 0) is 0 Å². The zero-order valence-electron chi connectivity index (χ0n) is 18.2. The van der Waals surface area contributed by atoms with Crippen LogP contribution in [0.25, 0.3) is 21.2 Å². The van der Waals surface area contributed by atoms with Gasteiger partial charge in [-0.3, -0.25) is 4.79 Å². The van der Waals surface area contributed by atoms with Gasteiger partial charge in [-0.05, 0) is 66.2 Å². The lowest BCUT2D eigenvalue weighted by Gasteiger charge is -2.33. The van der Waals surface area contributed by atoms with Crippen molar-refractivity contribution in [1.82, 2.24) is 14.9 Å². The number of rotatable bonds is 4. The average Bonchev–Trinajstić information content (AvgIpc) is 3.25. The number of nitrogens with one attached hydrogen (secondary N) is 1. The van der Waals surface area contributed by atoms with Gasteiger partial charge in [0, 0.05) is 55.8 Å². The van der Waals surface area contributed by atoms with Gasteiger partial charge in [0.05, 0.1) is 0 Å². The SMILES string of the molecule is Cc1csc(-c2ccc3cnc(NC(=O)c4ccnc(N5CCN(C)CC5)c4)cc3c2)c1.[HH]. The van der Waals surface area contributed by atoms with Gasteiger partial charge in [-0.2, -0.15) is 0 Å². The number of likely N-dealkylation sites (N-methyl/N-ethyl adjacent to an activating group) is 1. The average molecular weight is 446 g/mol. The minimum Gasteiger partial charge on any atom is -0.354 e. The van der Waals surface area contributed by atoms with Gasteiger partial charge < -0.3 is 15.1 Å². The first kappa shape index (κ1) is 20.6. The van der Waals surface area contributed by atoms with E-state index in [9.17, 15) is 4.79 Å². The number of hydrogen-bond donors (Lipinski definition) is 1. The lowest BCUT2D eigenvalue weighted by molar-refractivity contribution is 0.102. The molecule has 0 aliphatic carbocycles. The number of nitrogens with zero attached hydrogens (tertiary/aromatic N) is 4. The van der Waals surface area contributed by atoms with Crippen molar-refractivity contribution in [1.29, 1.82) is 0 Å². The second-order valence-corrected chi connectivity index (χ2v) is 9.18. The van der Waals surface area contributed by atoms with E-state index in [1.54, 1.807) is 29.8 Å². The molecule has 0 atom stereocenters. The molecule has 7 heteroatoms. The highest BCUT2D eigenvalue weighted by Crippen LogP contribution is 2.30. The maximum atomic E-state index is 12.9. The second-order valence-electron chi connectivity index (χ2n) is 8.27. The van der Waals surface area contributed by atoms with Gasteiger partial charge in [-0.15, -0.1) is 11.3 Å². The molecule has 1 N–H and O–H groups in total. The molecule has 5 rings (SSSR count). The Balaban J connectivity index is 0.00000259. The highest BCUT2D eigenvalue weighted by atomic mass is 32.1. The summed E-state index contributed by atoms with van der Waals surface area (Å²) in [6, 6.07) is 14.1. The molecule has 1 aliphatic heterocycles. The summed E-state index contributed by atoms with van der Waals surface area (Å²) >= 11 is 1.74. The first-order chi connectivity index (χ1) is 15.5. The Morgan fingerprint density at radius 1 is 1.03 bits per heavy atom. The number of amides is 1. The van der Waals surface area contributed by atoms with E-state index in [0.717, 1.165) is 42.8 Å². The van der Waals surface area contributed by atoms with Gasteiger partial charge >= 0.3 is 0 Å². The number of thiophene rings is 1. The Kier molecular flexibility index (Phi) is 5.59. The largest absolute Gasteiger partial charge is 0.354 e. The number of piperazine rings is 1. The number of pyridine rings is 2. The van der Waals surface area contributed by atoms with E-state index >= 15 is 0 Å². The number of fused-ring (bicyclic) bond motifs is 1. The number of carbonyl (C=O) groups excluding carboxylic acids is 1. The number of carbonyl (C=O) groups is 1. The van der Waals surface area contributed by atoms with E-state index in [1.165, 1.54) is 16.0 Å². The summed E-state index contributed by atoms with van der Waals surface area (Å²) in [6.07, 6.45) is 3.50. The quantitative estimate of drug-likeness (QED) is 0.483. The molecule has 1 fully saturated rings. The van der Waals surface area contributed by atoms with Crippen LogP contribution in [0.1, 0.15) is 17.3 Å². The molecule has 32 heavy (non-hydrogen) atoms. The molecule has 1 amide bonds. The van der Waals surface area contributed by atoms with Crippen molar-refractivity contribution in [2.24, 2.45) is 0 Å². The Morgan fingerprint density at radius 3 is 2.66 bits per heavy atom. The molecule has 0 radical (unpaired) electrons. The van der Waals surface area contributed by atoms with Crippen LogP contribution in [0.5, 0.6) is 0 Å². The molecule has 0 spiro atoms. The topological polar surface area (TPSA) is 61.4 Å². The molecule has 6 nitrogen and oxygen atoms in total. The van der Waals surface area contributed by atoms with Gasteiger partial charge in [-0.25, -0.2) is 9.97 Å². The van der Waals surface area contributed by atoms with Crippen LogP contribution in [0, 0.1) is 6.92 Å². The highest BCUT2D eigenvalue weighted by Gasteiger charge is 2.17. The first-order valence-electron chi connectivity index (χ1n) is 10.7. The second kappa shape index (κ2) is 8.68. The van der Waals surface area contributed by atoms with Crippen LogP contribution >= 0.6 is 11.3 Å². The molecule has 4 aromatic rings. The summed E-state index contributed by atoms with van der Waals surface area (Å²) < 4.78 is 0. The molecule has 164 valence electrons. The zero-order valence-corrected chi connectivity index (χ0v) is 19.0. The van der Waals surface area contributed by atoms with E-state index < -0.39 is 0 Å². The molecule has 1 aromatic carbocycles. The normalized spacial score (nSPS) is 14.6. The van der Waals surface area contributed by atoms with Gasteiger partial charge in [0.2, 0.25) is 0 Å². The van der Waals surface area contributed by atoms with Crippen molar-refractivity contribution in [3.8, 4) is 10.4 Å². The van der Waals surface area contributed by atoms with E-state index in [2.05, 4.69) is 68.7 Å². The monoisotopic (exact) mass is 445 g/mol. The summed E-state index contributed by atoms with van der Waals surface area (Å²) in [4.78, 5) is 27.6. The van der Waals surface area contributed by atoms with Crippen LogP contribution in [0.4, 0.5) is 11.6 Å². The summed E-state index contributed by atoms with van der Waals surface area (Å²) in [6.45, 7) is 5.91. The maximum absolute atomic E-state index is 12.9. The van der Waals surface area contributed by atoms with Gasteiger partial charge in [0.1, 0.15) is 11.6 Å². The molecular formula is C25H27N5OS. The number of aromatic nitrogens is 2. The fourth-order valence-corrected chi connectivity index (χ4v) is 4.80. The van der Waals surface area contributed by atoms with Crippen molar-refractivity contribution < 1.29 is 6.22 Å². The summed E-state index contributed by atoms with van der Waals surface area (Å²) in [5, 5.41) is 7.20. The molecule has 0 unspecified atom stereocenters. The number of hydrogen-bond acceptors (Lipinski definition) is 6. The molecule has 4 heterocycles. The number of anilines is 2.